The predicted octanol–water partition coefficient (Wildman–Crippen LogP) is 6.16. The number of carbonyl (C=O) groups is 3. The second-order valence-corrected chi connectivity index (χ2v) is 13.4. The first-order chi connectivity index (χ1) is 24.5. The highest BCUT2D eigenvalue weighted by Crippen LogP contribution is 2.41. The summed E-state index contributed by atoms with van der Waals surface area (Å²) in [5.41, 5.74) is 5.05. The maximum Gasteiger partial charge on any atom is 0.410 e. The Morgan fingerprint density at radius 1 is 0.920 bits per heavy atom. The molecule has 1 N–H and O–H groups in total. The summed E-state index contributed by atoms with van der Waals surface area (Å²) in [7, 11) is 0. The molecule has 1 unspecified atom stereocenters. The number of aliphatic imine (C=N–C) groups is 1. The van der Waals surface area contributed by atoms with Crippen molar-refractivity contribution in [1.29, 1.82) is 0 Å². The first-order valence-electron chi connectivity index (χ1n) is 16.8. The summed E-state index contributed by atoms with van der Waals surface area (Å²) in [6, 6.07) is 28.0. The van der Waals surface area contributed by atoms with E-state index in [-0.39, 0.29) is 18.4 Å². The van der Waals surface area contributed by atoms with Crippen molar-refractivity contribution < 1.29 is 23.9 Å². The number of amidine groups is 1. The zero-order chi connectivity index (χ0) is 34.3. The molecule has 11 nitrogen and oxygen atoms in total. The van der Waals surface area contributed by atoms with Gasteiger partial charge in [0.1, 0.15) is 17.9 Å². The number of thioether (sulfide) groups is 1. The molecule has 3 aliphatic heterocycles. The molecule has 0 aliphatic carbocycles. The topological polar surface area (TPSA) is 117 Å². The third kappa shape index (κ3) is 7.82. The number of pyridine rings is 1. The molecule has 2 atom stereocenters. The quantitative estimate of drug-likeness (QED) is 0.222. The van der Waals surface area contributed by atoms with Crippen molar-refractivity contribution >= 4 is 51.9 Å². The van der Waals surface area contributed by atoms with Crippen LogP contribution in [0.3, 0.4) is 0 Å². The van der Waals surface area contributed by atoms with Gasteiger partial charge in [0.25, 0.3) is 0 Å². The fourth-order valence-electron chi connectivity index (χ4n) is 6.27. The summed E-state index contributed by atoms with van der Waals surface area (Å²) in [6.45, 7) is 4.09. The van der Waals surface area contributed by atoms with E-state index in [1.54, 1.807) is 29.4 Å². The Bertz CT molecular complexity index is 1820. The Balaban J connectivity index is 1.03. The number of carbonyl (C=O) groups excluding carboxylic acids is 3. The molecular weight excluding hydrogens is 653 g/mol. The third-order valence-corrected chi connectivity index (χ3v) is 10.2. The molecule has 7 rings (SSSR count). The Hall–Kier alpha value is -5.20. The molecule has 4 heterocycles. The molecular formula is C38H38N6O5S. The number of aromatic nitrogens is 1. The molecule has 0 spiro atoms. The lowest BCUT2D eigenvalue weighted by Gasteiger charge is -2.28. The largest absolute Gasteiger partial charge is 0.445 e. The summed E-state index contributed by atoms with van der Waals surface area (Å²) in [6.07, 6.45) is 4.24. The lowest BCUT2D eigenvalue weighted by Crippen LogP contribution is -2.43. The number of amides is 3. The molecule has 50 heavy (non-hydrogen) atoms. The van der Waals surface area contributed by atoms with Gasteiger partial charge in [-0.3, -0.25) is 24.4 Å². The number of benzene rings is 3. The molecule has 3 saturated heterocycles. The fourth-order valence-corrected chi connectivity index (χ4v) is 7.44. The van der Waals surface area contributed by atoms with Crippen LogP contribution in [0, 0.1) is 0 Å². The molecule has 3 amide bonds. The first-order valence-corrected chi connectivity index (χ1v) is 17.7. The standard InChI is InChI=1S/C38H38N6O5S/c45-35(33-9-5-19-43(33)38(47)49-26-27-6-2-1-3-7-27)40-30-12-10-29(11-13-30)34-36(46)44(25-28-8-4-18-39-24-28)37(50-34)41-31-14-16-32(17-15-31)42-20-22-48-23-21-42/h1-4,6-8,10-18,24,33-34H,5,9,19-23,25-26H2,(H,40,45)/b41-37-/t33-,34?/m0/s1. The molecule has 256 valence electrons. The van der Waals surface area contributed by atoms with Crippen LogP contribution < -0.4 is 10.2 Å². The van der Waals surface area contributed by atoms with Crippen molar-refractivity contribution in [2.24, 2.45) is 4.99 Å². The van der Waals surface area contributed by atoms with Crippen LogP contribution in [0.4, 0.5) is 21.9 Å². The normalized spacial score (nSPS) is 20.0. The van der Waals surface area contributed by atoms with Gasteiger partial charge in [0.2, 0.25) is 11.8 Å². The molecule has 3 fully saturated rings. The van der Waals surface area contributed by atoms with Gasteiger partial charge in [-0.15, -0.1) is 0 Å². The number of morpholine rings is 1. The van der Waals surface area contributed by atoms with E-state index in [1.165, 1.54) is 16.7 Å². The zero-order valence-electron chi connectivity index (χ0n) is 27.5. The van der Waals surface area contributed by atoms with Crippen LogP contribution in [0.2, 0.25) is 0 Å². The number of nitrogens with one attached hydrogen (secondary N) is 1. The second kappa shape index (κ2) is 15.6. The van der Waals surface area contributed by atoms with E-state index in [2.05, 4.69) is 27.3 Å². The van der Waals surface area contributed by atoms with Crippen molar-refractivity contribution in [3.63, 3.8) is 0 Å². The second-order valence-electron chi connectivity index (χ2n) is 12.3. The van der Waals surface area contributed by atoms with Crippen LogP contribution in [0.15, 0.2) is 108 Å². The third-order valence-electron chi connectivity index (χ3n) is 8.93. The summed E-state index contributed by atoms with van der Waals surface area (Å²) in [4.78, 5) is 54.7. The highest BCUT2D eigenvalue weighted by molar-refractivity contribution is 8.15. The maximum atomic E-state index is 13.9. The SMILES string of the molecule is O=C(Nc1ccc(C2S/C(=N\c3ccc(N4CCOCC4)cc3)N(Cc3cccnc3)C2=O)cc1)[C@@H]1CCCN1C(=O)OCc1ccccc1. The number of ether oxygens (including phenoxy) is 2. The Kier molecular flexibility index (Phi) is 10.4. The van der Waals surface area contributed by atoms with Crippen molar-refractivity contribution in [3.05, 3.63) is 120 Å². The Morgan fingerprint density at radius 3 is 2.42 bits per heavy atom. The van der Waals surface area contributed by atoms with Crippen LogP contribution in [0.1, 0.15) is 34.8 Å². The van der Waals surface area contributed by atoms with Crippen molar-refractivity contribution in [1.82, 2.24) is 14.8 Å². The lowest BCUT2D eigenvalue weighted by atomic mass is 10.1. The van der Waals surface area contributed by atoms with E-state index in [1.807, 2.05) is 66.7 Å². The molecule has 0 bridgehead atoms. The molecule has 12 heteroatoms. The zero-order valence-corrected chi connectivity index (χ0v) is 28.3. The van der Waals surface area contributed by atoms with E-state index in [9.17, 15) is 14.4 Å². The van der Waals surface area contributed by atoms with E-state index in [0.717, 1.165) is 47.6 Å². The number of anilines is 2. The van der Waals surface area contributed by atoms with Gasteiger partial charge in [-0.2, -0.15) is 0 Å². The number of hydrogen-bond donors (Lipinski definition) is 1. The van der Waals surface area contributed by atoms with Gasteiger partial charge in [0, 0.05) is 43.4 Å². The summed E-state index contributed by atoms with van der Waals surface area (Å²) in [5.74, 6) is -0.343. The van der Waals surface area contributed by atoms with Gasteiger partial charge >= 0.3 is 6.09 Å². The minimum Gasteiger partial charge on any atom is -0.445 e. The number of likely N-dealkylation sites (tertiary alicyclic amines) is 1. The van der Waals surface area contributed by atoms with Crippen molar-refractivity contribution in [2.45, 2.75) is 37.3 Å². The van der Waals surface area contributed by atoms with Gasteiger partial charge in [-0.25, -0.2) is 9.79 Å². The van der Waals surface area contributed by atoms with Gasteiger partial charge in [0.15, 0.2) is 5.17 Å². The fraction of sp³-hybridized carbons (Fsp3) is 0.289. The molecule has 3 aromatic carbocycles. The molecule has 0 saturated carbocycles. The molecule has 1 aromatic heterocycles. The average Bonchev–Trinajstić information content (AvgIpc) is 3.78. The summed E-state index contributed by atoms with van der Waals surface area (Å²) < 4.78 is 11.0. The van der Waals surface area contributed by atoms with E-state index in [4.69, 9.17) is 14.5 Å². The van der Waals surface area contributed by atoms with Crippen LogP contribution in [0.5, 0.6) is 0 Å². The summed E-state index contributed by atoms with van der Waals surface area (Å²) >= 11 is 1.41. The Labute approximate surface area is 295 Å². The summed E-state index contributed by atoms with van der Waals surface area (Å²) in [5, 5.41) is 3.06. The van der Waals surface area contributed by atoms with Crippen molar-refractivity contribution in [3.8, 4) is 0 Å². The van der Waals surface area contributed by atoms with Crippen molar-refractivity contribution in [2.75, 3.05) is 43.1 Å². The number of nitrogens with zero attached hydrogens (tertiary/aromatic N) is 5. The van der Waals surface area contributed by atoms with Gasteiger partial charge < -0.3 is 19.7 Å². The first kappa shape index (κ1) is 33.3. The van der Waals surface area contributed by atoms with E-state index < -0.39 is 17.4 Å². The number of hydrogen-bond acceptors (Lipinski definition) is 9. The van der Waals surface area contributed by atoms with Crippen LogP contribution in [0.25, 0.3) is 0 Å². The van der Waals surface area contributed by atoms with Gasteiger partial charge in [-0.1, -0.05) is 60.3 Å². The molecule has 0 radical (unpaired) electrons. The predicted molar refractivity (Wildman–Crippen MR) is 193 cm³/mol. The highest BCUT2D eigenvalue weighted by Gasteiger charge is 2.39. The lowest BCUT2D eigenvalue weighted by molar-refractivity contribution is -0.126. The Morgan fingerprint density at radius 2 is 1.68 bits per heavy atom. The van der Waals surface area contributed by atoms with E-state index >= 15 is 0 Å². The van der Waals surface area contributed by atoms with Gasteiger partial charge in [-0.05, 0) is 72.0 Å². The van der Waals surface area contributed by atoms with Crippen LogP contribution in [-0.2, 0) is 32.2 Å². The van der Waals surface area contributed by atoms with Crippen LogP contribution >= 0.6 is 11.8 Å². The number of rotatable bonds is 9. The molecule has 4 aromatic rings. The minimum absolute atomic E-state index is 0.0741. The smallest absolute Gasteiger partial charge is 0.410 e. The maximum absolute atomic E-state index is 13.9. The highest BCUT2D eigenvalue weighted by atomic mass is 32.2. The monoisotopic (exact) mass is 690 g/mol. The average molecular weight is 691 g/mol. The van der Waals surface area contributed by atoms with Gasteiger partial charge in [0.05, 0.1) is 25.4 Å². The van der Waals surface area contributed by atoms with Crippen LogP contribution in [-0.4, -0.2) is 76.7 Å². The minimum atomic E-state index is -0.618. The molecule has 3 aliphatic rings. The van der Waals surface area contributed by atoms with E-state index in [0.29, 0.717) is 43.6 Å².